The number of carboxylic acids is 1. The number of carbonyl (C=O) groups excluding carboxylic acids is 1. The summed E-state index contributed by atoms with van der Waals surface area (Å²) in [4.78, 5) is 24.5. The van der Waals surface area contributed by atoms with E-state index in [1.807, 2.05) is 19.0 Å². The van der Waals surface area contributed by atoms with Crippen molar-refractivity contribution in [3.63, 3.8) is 0 Å². The van der Waals surface area contributed by atoms with Gasteiger partial charge in [-0.25, -0.2) is 0 Å². The van der Waals surface area contributed by atoms with Crippen LogP contribution in [0.5, 0.6) is 0 Å². The molecule has 1 aliphatic rings. The van der Waals surface area contributed by atoms with Gasteiger partial charge in [-0.1, -0.05) is 0 Å². The Balaban J connectivity index is 2.38. The molecule has 0 aliphatic carbocycles. The normalized spacial score (nSPS) is 24.7. The van der Waals surface area contributed by atoms with Crippen molar-refractivity contribution in [2.24, 2.45) is 11.8 Å². The fourth-order valence-electron chi connectivity index (χ4n) is 1.75. The summed E-state index contributed by atoms with van der Waals surface area (Å²) in [5, 5.41) is 14.6. The van der Waals surface area contributed by atoms with Crippen LogP contribution in [0.3, 0.4) is 0 Å². The van der Waals surface area contributed by atoms with Gasteiger partial charge in [0, 0.05) is 26.2 Å². The number of hydrogen-bond donors (Lipinski definition) is 3. The fourth-order valence-corrected chi connectivity index (χ4v) is 1.75. The van der Waals surface area contributed by atoms with E-state index in [0.29, 0.717) is 19.6 Å². The third-order valence-corrected chi connectivity index (χ3v) is 2.73. The van der Waals surface area contributed by atoms with Crippen LogP contribution in [-0.2, 0) is 9.59 Å². The van der Waals surface area contributed by atoms with Gasteiger partial charge in [0.15, 0.2) is 0 Å². The second-order valence-corrected chi connectivity index (χ2v) is 4.30. The predicted octanol–water partition coefficient (Wildman–Crippen LogP) is -1.42. The smallest absolute Gasteiger partial charge is 0.308 e. The van der Waals surface area contributed by atoms with Gasteiger partial charge in [0.05, 0.1) is 11.8 Å². The predicted molar refractivity (Wildman–Crippen MR) is 59.0 cm³/mol. The van der Waals surface area contributed by atoms with Gasteiger partial charge in [-0.2, -0.15) is 0 Å². The molecule has 3 N–H and O–H groups in total. The van der Waals surface area contributed by atoms with E-state index in [1.54, 1.807) is 0 Å². The van der Waals surface area contributed by atoms with Gasteiger partial charge in [0.2, 0.25) is 5.91 Å². The molecule has 0 aromatic rings. The number of aliphatic carboxylic acids is 1. The van der Waals surface area contributed by atoms with Gasteiger partial charge in [-0.3, -0.25) is 9.59 Å². The van der Waals surface area contributed by atoms with Gasteiger partial charge >= 0.3 is 5.97 Å². The summed E-state index contributed by atoms with van der Waals surface area (Å²) in [5.74, 6) is -2.11. The number of nitrogens with one attached hydrogen (secondary N) is 2. The molecule has 6 nitrogen and oxygen atoms in total. The molecule has 0 bridgehead atoms. The Hall–Kier alpha value is -1.14. The van der Waals surface area contributed by atoms with Crippen molar-refractivity contribution in [3.05, 3.63) is 0 Å². The van der Waals surface area contributed by atoms with Crippen LogP contribution < -0.4 is 10.6 Å². The molecule has 1 rings (SSSR count). The van der Waals surface area contributed by atoms with Gasteiger partial charge in [-0.15, -0.1) is 0 Å². The highest BCUT2D eigenvalue weighted by Gasteiger charge is 2.37. The van der Waals surface area contributed by atoms with Crippen molar-refractivity contribution in [2.75, 3.05) is 40.3 Å². The van der Waals surface area contributed by atoms with Gasteiger partial charge in [-0.05, 0) is 14.1 Å². The third-order valence-electron chi connectivity index (χ3n) is 2.73. The number of amides is 1. The Morgan fingerprint density at radius 1 is 1.38 bits per heavy atom. The van der Waals surface area contributed by atoms with E-state index in [9.17, 15) is 9.59 Å². The van der Waals surface area contributed by atoms with Crippen LogP contribution in [0, 0.1) is 11.8 Å². The maximum atomic E-state index is 11.7. The minimum Gasteiger partial charge on any atom is -0.481 e. The summed E-state index contributed by atoms with van der Waals surface area (Å²) >= 11 is 0. The largest absolute Gasteiger partial charge is 0.481 e. The fraction of sp³-hybridized carbons (Fsp3) is 0.800. The standard InChI is InChI=1S/C10H19N3O3/c1-13(2)4-3-12-9(14)7-5-11-6-8(7)10(15)16/h7-8,11H,3-6H2,1-2H3,(H,12,14)(H,15,16)/t7-,8+/m1/s1. The Morgan fingerprint density at radius 3 is 2.56 bits per heavy atom. The molecule has 1 amide bonds. The lowest BCUT2D eigenvalue weighted by Crippen LogP contribution is -2.40. The van der Waals surface area contributed by atoms with Crippen LogP contribution >= 0.6 is 0 Å². The Labute approximate surface area is 95.0 Å². The van der Waals surface area contributed by atoms with E-state index < -0.39 is 17.8 Å². The van der Waals surface area contributed by atoms with Gasteiger partial charge in [0.1, 0.15) is 0 Å². The Bertz CT molecular complexity index is 268. The molecule has 0 aromatic heterocycles. The van der Waals surface area contributed by atoms with Crippen molar-refractivity contribution in [1.82, 2.24) is 15.5 Å². The summed E-state index contributed by atoms with van der Waals surface area (Å²) in [7, 11) is 3.84. The Morgan fingerprint density at radius 2 is 2.00 bits per heavy atom. The first-order valence-electron chi connectivity index (χ1n) is 5.38. The lowest BCUT2D eigenvalue weighted by molar-refractivity contribution is -0.145. The highest BCUT2D eigenvalue weighted by atomic mass is 16.4. The molecule has 0 radical (unpaired) electrons. The second kappa shape index (κ2) is 5.81. The molecule has 0 saturated carbocycles. The highest BCUT2D eigenvalue weighted by Crippen LogP contribution is 2.16. The number of likely N-dealkylation sites (N-methyl/N-ethyl adjacent to an activating group) is 1. The van der Waals surface area contributed by atoms with E-state index in [4.69, 9.17) is 5.11 Å². The van der Waals surface area contributed by atoms with Crippen molar-refractivity contribution >= 4 is 11.9 Å². The molecule has 1 aliphatic heterocycles. The molecular weight excluding hydrogens is 210 g/mol. The maximum absolute atomic E-state index is 11.7. The monoisotopic (exact) mass is 229 g/mol. The molecule has 2 atom stereocenters. The average molecular weight is 229 g/mol. The molecule has 1 heterocycles. The molecule has 1 fully saturated rings. The van der Waals surface area contributed by atoms with Crippen molar-refractivity contribution in [1.29, 1.82) is 0 Å². The lowest BCUT2D eigenvalue weighted by atomic mass is 9.95. The van der Waals surface area contributed by atoms with E-state index in [1.165, 1.54) is 0 Å². The molecule has 92 valence electrons. The van der Waals surface area contributed by atoms with Gasteiger partial charge in [0.25, 0.3) is 0 Å². The van der Waals surface area contributed by atoms with Crippen LogP contribution in [0.25, 0.3) is 0 Å². The summed E-state index contributed by atoms with van der Waals surface area (Å²) in [6.07, 6.45) is 0. The van der Waals surface area contributed by atoms with Crippen molar-refractivity contribution in [3.8, 4) is 0 Å². The topological polar surface area (TPSA) is 81.7 Å². The van der Waals surface area contributed by atoms with Crippen molar-refractivity contribution < 1.29 is 14.7 Å². The molecule has 6 heteroatoms. The molecular formula is C10H19N3O3. The van der Waals surface area contributed by atoms with Crippen LogP contribution in [0.15, 0.2) is 0 Å². The SMILES string of the molecule is CN(C)CCNC(=O)[C@@H]1CNC[C@@H]1C(=O)O. The zero-order valence-corrected chi connectivity index (χ0v) is 9.69. The summed E-state index contributed by atoms with van der Waals surface area (Å²) in [6.45, 7) is 2.13. The summed E-state index contributed by atoms with van der Waals surface area (Å²) in [5.41, 5.74) is 0. The minimum atomic E-state index is -0.905. The van der Waals surface area contributed by atoms with Crippen LogP contribution in [0.1, 0.15) is 0 Å². The summed E-state index contributed by atoms with van der Waals surface area (Å²) in [6, 6.07) is 0. The number of nitrogens with zero attached hydrogens (tertiary/aromatic N) is 1. The molecule has 0 spiro atoms. The third kappa shape index (κ3) is 3.46. The highest BCUT2D eigenvalue weighted by molar-refractivity contribution is 5.85. The van der Waals surface area contributed by atoms with E-state index in [0.717, 1.165) is 6.54 Å². The zero-order valence-electron chi connectivity index (χ0n) is 9.69. The van der Waals surface area contributed by atoms with Crippen LogP contribution in [0.4, 0.5) is 0 Å². The number of hydrogen-bond acceptors (Lipinski definition) is 4. The molecule has 0 aromatic carbocycles. The number of carbonyl (C=O) groups is 2. The molecule has 16 heavy (non-hydrogen) atoms. The van der Waals surface area contributed by atoms with Gasteiger partial charge < -0.3 is 20.6 Å². The van der Waals surface area contributed by atoms with E-state index >= 15 is 0 Å². The first-order chi connectivity index (χ1) is 7.52. The van der Waals surface area contributed by atoms with E-state index in [2.05, 4.69) is 10.6 Å². The van der Waals surface area contributed by atoms with Crippen molar-refractivity contribution in [2.45, 2.75) is 0 Å². The maximum Gasteiger partial charge on any atom is 0.308 e. The minimum absolute atomic E-state index is 0.167. The first kappa shape index (κ1) is 12.9. The zero-order chi connectivity index (χ0) is 12.1. The Kier molecular flexibility index (Phi) is 4.70. The lowest BCUT2D eigenvalue weighted by Gasteiger charge is -2.16. The summed E-state index contributed by atoms with van der Waals surface area (Å²) < 4.78 is 0. The van der Waals surface area contributed by atoms with Crippen LogP contribution in [-0.4, -0.2) is 62.2 Å². The van der Waals surface area contributed by atoms with E-state index in [-0.39, 0.29) is 5.91 Å². The van der Waals surface area contributed by atoms with Crippen LogP contribution in [0.2, 0.25) is 0 Å². The average Bonchev–Trinajstić information content (AvgIpc) is 2.65. The quantitative estimate of drug-likeness (QED) is 0.539. The number of rotatable bonds is 5. The second-order valence-electron chi connectivity index (χ2n) is 4.30. The first-order valence-corrected chi connectivity index (χ1v) is 5.38. The number of carboxylic acid groups (broad SMARTS) is 1. The molecule has 1 saturated heterocycles. The molecule has 0 unspecified atom stereocenters.